The molecule has 0 radical (unpaired) electrons. The highest BCUT2D eigenvalue weighted by molar-refractivity contribution is 5.85. The van der Waals surface area contributed by atoms with Crippen molar-refractivity contribution >= 4 is 18.4 Å². The number of hydrogen-bond donors (Lipinski definition) is 2. The molecule has 1 aliphatic rings. The molecule has 1 fully saturated rings. The monoisotopic (exact) mass is 151 g/mol. The smallest absolute Gasteiger partial charge is 0.321 e. The van der Waals surface area contributed by atoms with E-state index in [9.17, 15) is 4.79 Å². The first-order valence-electron chi connectivity index (χ1n) is 2.68. The quantitative estimate of drug-likeness (QED) is 0.559. The van der Waals surface area contributed by atoms with E-state index in [1.54, 1.807) is 0 Å². The van der Waals surface area contributed by atoms with E-state index in [0.717, 1.165) is 6.54 Å². The van der Waals surface area contributed by atoms with Gasteiger partial charge in [0, 0.05) is 6.54 Å². The van der Waals surface area contributed by atoms with Gasteiger partial charge < -0.3 is 10.4 Å². The summed E-state index contributed by atoms with van der Waals surface area (Å²) in [6.45, 7) is 2.77. The molecule has 0 spiro atoms. The Hall–Kier alpha value is -0.280. The van der Waals surface area contributed by atoms with E-state index in [1.807, 2.05) is 6.92 Å². The average molecular weight is 152 g/mol. The van der Waals surface area contributed by atoms with Crippen LogP contribution in [0.3, 0.4) is 0 Å². The number of nitrogens with one attached hydrogen (secondary N) is 1. The Morgan fingerprint density at radius 3 is 2.33 bits per heavy atom. The topological polar surface area (TPSA) is 49.3 Å². The summed E-state index contributed by atoms with van der Waals surface area (Å²) in [4.78, 5) is 10.1. The molecule has 0 bridgehead atoms. The van der Waals surface area contributed by atoms with Gasteiger partial charge in [0.25, 0.3) is 0 Å². The second-order valence-electron chi connectivity index (χ2n) is 2.20. The lowest BCUT2D eigenvalue weighted by Gasteiger charge is -2.31. The predicted octanol–water partition coefficient (Wildman–Crippen LogP) is 0.101. The molecule has 0 saturated carbocycles. The molecule has 0 aromatic rings. The lowest BCUT2D eigenvalue weighted by molar-refractivity contribution is -0.143. The molecule has 1 heterocycles. The van der Waals surface area contributed by atoms with E-state index in [4.69, 9.17) is 5.11 Å². The van der Waals surface area contributed by atoms with Crippen molar-refractivity contribution in [3.05, 3.63) is 0 Å². The molecule has 2 atom stereocenters. The Balaban J connectivity index is 0.000000640. The molecular weight excluding hydrogens is 142 g/mol. The summed E-state index contributed by atoms with van der Waals surface area (Å²) in [6.07, 6.45) is 0. The summed E-state index contributed by atoms with van der Waals surface area (Å²) in [5.74, 6) is -0.420. The largest absolute Gasteiger partial charge is 0.480 e. The summed E-state index contributed by atoms with van der Waals surface area (Å²) < 4.78 is 0. The van der Waals surface area contributed by atoms with Gasteiger partial charge in [-0.25, -0.2) is 0 Å². The summed E-state index contributed by atoms with van der Waals surface area (Å²) in [5.41, 5.74) is 0. The van der Waals surface area contributed by atoms with Crippen LogP contribution in [-0.4, -0.2) is 23.7 Å². The highest BCUT2D eigenvalue weighted by Gasteiger charge is 2.31. The number of carboxylic acid groups (broad SMARTS) is 1. The van der Waals surface area contributed by atoms with Gasteiger partial charge in [-0.1, -0.05) is 6.92 Å². The van der Waals surface area contributed by atoms with Crippen molar-refractivity contribution < 1.29 is 9.90 Å². The van der Waals surface area contributed by atoms with Crippen molar-refractivity contribution in [2.45, 2.75) is 13.0 Å². The van der Waals surface area contributed by atoms with Crippen molar-refractivity contribution in [1.29, 1.82) is 0 Å². The summed E-state index contributed by atoms with van der Waals surface area (Å²) >= 11 is 0. The highest BCUT2D eigenvalue weighted by atomic mass is 35.5. The molecule has 54 valence electrons. The predicted molar refractivity (Wildman–Crippen MR) is 35.8 cm³/mol. The van der Waals surface area contributed by atoms with E-state index in [-0.39, 0.29) is 18.4 Å². The molecule has 1 unspecified atom stereocenters. The van der Waals surface area contributed by atoms with Crippen LogP contribution in [0.15, 0.2) is 0 Å². The number of carbonyl (C=O) groups is 1. The minimum atomic E-state index is -0.733. The van der Waals surface area contributed by atoms with E-state index >= 15 is 0 Å². The molecule has 0 aromatic heterocycles. The van der Waals surface area contributed by atoms with Crippen LogP contribution >= 0.6 is 12.4 Å². The summed E-state index contributed by atoms with van der Waals surface area (Å²) in [5, 5.41) is 11.1. The number of rotatable bonds is 1. The van der Waals surface area contributed by atoms with Crippen molar-refractivity contribution in [1.82, 2.24) is 5.32 Å². The molecule has 2 N–H and O–H groups in total. The Morgan fingerprint density at radius 1 is 1.78 bits per heavy atom. The fourth-order valence-corrected chi connectivity index (χ4v) is 0.802. The van der Waals surface area contributed by atoms with Crippen LogP contribution < -0.4 is 5.32 Å². The second-order valence-corrected chi connectivity index (χ2v) is 2.20. The molecule has 9 heavy (non-hydrogen) atoms. The van der Waals surface area contributed by atoms with Crippen molar-refractivity contribution in [3.8, 4) is 0 Å². The van der Waals surface area contributed by atoms with Gasteiger partial charge >= 0.3 is 5.97 Å². The Bertz CT molecular complexity index is 118. The SMILES string of the molecule is C[C@H]1CNC1C(=O)O.Cl. The van der Waals surface area contributed by atoms with Crippen molar-refractivity contribution in [2.75, 3.05) is 6.54 Å². The second kappa shape index (κ2) is 3.03. The number of halogens is 1. The maximum Gasteiger partial charge on any atom is 0.321 e. The zero-order chi connectivity index (χ0) is 6.15. The normalized spacial score (nSPS) is 32.1. The Morgan fingerprint density at radius 2 is 2.33 bits per heavy atom. The molecule has 0 aliphatic carbocycles. The van der Waals surface area contributed by atoms with Crippen LogP contribution in [0, 0.1) is 5.92 Å². The van der Waals surface area contributed by atoms with Crippen molar-refractivity contribution in [3.63, 3.8) is 0 Å². The zero-order valence-electron chi connectivity index (χ0n) is 5.13. The summed E-state index contributed by atoms with van der Waals surface area (Å²) in [6, 6.07) is -0.282. The van der Waals surface area contributed by atoms with Gasteiger partial charge in [0.05, 0.1) is 0 Å². The molecule has 0 aromatic carbocycles. The highest BCUT2D eigenvalue weighted by Crippen LogP contribution is 2.10. The lowest BCUT2D eigenvalue weighted by Crippen LogP contribution is -2.55. The van der Waals surface area contributed by atoms with E-state index in [0.29, 0.717) is 5.92 Å². The molecule has 0 amide bonds. The Kier molecular flexibility index (Phi) is 2.94. The molecule has 1 rings (SSSR count). The van der Waals surface area contributed by atoms with Gasteiger partial charge in [-0.2, -0.15) is 0 Å². The minimum absolute atomic E-state index is 0. The van der Waals surface area contributed by atoms with E-state index in [2.05, 4.69) is 5.32 Å². The van der Waals surface area contributed by atoms with E-state index < -0.39 is 5.97 Å². The number of aliphatic carboxylic acids is 1. The average Bonchev–Trinajstić information content (AvgIpc) is 1.61. The van der Waals surface area contributed by atoms with Gasteiger partial charge in [-0.3, -0.25) is 4.79 Å². The molecule has 3 nitrogen and oxygen atoms in total. The van der Waals surface area contributed by atoms with Crippen LogP contribution in [0.5, 0.6) is 0 Å². The van der Waals surface area contributed by atoms with Crippen LogP contribution in [0.25, 0.3) is 0 Å². The first-order chi connectivity index (χ1) is 3.72. The third kappa shape index (κ3) is 1.56. The van der Waals surface area contributed by atoms with Crippen LogP contribution in [0.4, 0.5) is 0 Å². The van der Waals surface area contributed by atoms with Gasteiger partial charge in [0.15, 0.2) is 0 Å². The fraction of sp³-hybridized carbons (Fsp3) is 0.800. The lowest BCUT2D eigenvalue weighted by atomic mass is 9.94. The number of hydrogen-bond acceptors (Lipinski definition) is 2. The zero-order valence-corrected chi connectivity index (χ0v) is 5.94. The fourth-order valence-electron chi connectivity index (χ4n) is 0.802. The van der Waals surface area contributed by atoms with Crippen LogP contribution in [0.1, 0.15) is 6.92 Å². The van der Waals surface area contributed by atoms with Gasteiger partial charge in [-0.15, -0.1) is 12.4 Å². The van der Waals surface area contributed by atoms with E-state index in [1.165, 1.54) is 0 Å². The van der Waals surface area contributed by atoms with Gasteiger partial charge in [0.1, 0.15) is 6.04 Å². The number of carboxylic acids is 1. The standard InChI is InChI=1S/C5H9NO2.ClH/c1-3-2-6-4(3)5(7)8;/h3-4,6H,2H2,1H3,(H,7,8);1H/t3-,4?;/m0./s1. The van der Waals surface area contributed by atoms with Crippen LogP contribution in [-0.2, 0) is 4.79 Å². The molecule has 1 aliphatic heterocycles. The maximum atomic E-state index is 10.1. The van der Waals surface area contributed by atoms with Gasteiger partial charge in [-0.05, 0) is 5.92 Å². The minimum Gasteiger partial charge on any atom is -0.480 e. The molecule has 4 heteroatoms. The molecule has 1 saturated heterocycles. The molecular formula is C5H10ClNO2. The first kappa shape index (κ1) is 8.72. The summed E-state index contributed by atoms with van der Waals surface area (Å²) in [7, 11) is 0. The third-order valence-electron chi connectivity index (χ3n) is 1.49. The maximum absolute atomic E-state index is 10.1. The Labute approximate surface area is 59.9 Å². The van der Waals surface area contributed by atoms with Crippen molar-refractivity contribution in [2.24, 2.45) is 5.92 Å². The van der Waals surface area contributed by atoms with Crippen LogP contribution in [0.2, 0.25) is 0 Å². The first-order valence-corrected chi connectivity index (χ1v) is 2.68. The van der Waals surface area contributed by atoms with Gasteiger partial charge in [0.2, 0.25) is 0 Å². The third-order valence-corrected chi connectivity index (χ3v) is 1.49.